The van der Waals surface area contributed by atoms with Crippen LogP contribution >= 0.6 is 0 Å². The zero-order valence-electron chi connectivity index (χ0n) is 33.2. The highest BCUT2D eigenvalue weighted by molar-refractivity contribution is 5.93. The first-order chi connectivity index (χ1) is 25.2. The molecule has 3 aromatic heterocycles. The molecule has 6 atom stereocenters. The van der Waals surface area contributed by atoms with Crippen LogP contribution in [0.3, 0.4) is 0 Å². The van der Waals surface area contributed by atoms with Crippen molar-refractivity contribution in [2.75, 3.05) is 0 Å². The van der Waals surface area contributed by atoms with Crippen molar-refractivity contribution in [3.05, 3.63) is 117 Å². The maximum atomic E-state index is 3.45. The Kier molecular flexibility index (Phi) is 10.4. The van der Waals surface area contributed by atoms with Crippen LogP contribution < -0.4 is 0 Å². The van der Waals surface area contributed by atoms with Crippen LogP contribution in [-0.4, -0.2) is 15.0 Å². The standard InChI is InChI=1S/2C17H21N.C15H19N/c1-4-5-6-13-10-15-11(2)9-12(3)16(15)17-14(13)7-8-18-17;1-4-5-6-13-10-14-7-8-18-17(14)16-12(3)9-11(2)15(13)16;1-4-11-8-13-9(2)7-10(3)14(13)15-12(11)5-6-16-15/h2*5-8,10-12,18H,4,9H2,1-3H3;5-6,8-10,16H,4,7H2,1-3H3/b2*6-5+;. The minimum absolute atomic E-state index is 0.672. The smallest absolute Gasteiger partial charge is 0.0498 e. The summed E-state index contributed by atoms with van der Waals surface area (Å²) >= 11 is 0. The highest BCUT2D eigenvalue weighted by Crippen LogP contribution is 2.48. The molecule has 3 heterocycles. The molecule has 0 saturated carbocycles. The van der Waals surface area contributed by atoms with E-state index in [0.29, 0.717) is 29.6 Å². The van der Waals surface area contributed by atoms with Gasteiger partial charge in [0.1, 0.15) is 0 Å². The van der Waals surface area contributed by atoms with Crippen molar-refractivity contribution in [1.29, 1.82) is 0 Å². The first-order valence-electron chi connectivity index (χ1n) is 20.4. The van der Waals surface area contributed by atoms with Gasteiger partial charge in [0.15, 0.2) is 0 Å². The van der Waals surface area contributed by atoms with E-state index in [-0.39, 0.29) is 0 Å². The summed E-state index contributed by atoms with van der Waals surface area (Å²) in [4.78, 5) is 10.3. The summed E-state index contributed by atoms with van der Waals surface area (Å²) in [6.07, 6.45) is 22.5. The number of hydrogen-bond acceptors (Lipinski definition) is 0. The second kappa shape index (κ2) is 15.0. The van der Waals surface area contributed by atoms with Gasteiger partial charge in [-0.25, -0.2) is 0 Å². The molecule has 3 nitrogen and oxygen atoms in total. The third kappa shape index (κ3) is 6.39. The Balaban J connectivity index is 0.000000122. The van der Waals surface area contributed by atoms with Crippen molar-refractivity contribution in [2.45, 2.75) is 136 Å². The van der Waals surface area contributed by atoms with Gasteiger partial charge in [-0.15, -0.1) is 0 Å². The van der Waals surface area contributed by atoms with Crippen molar-refractivity contribution in [3.8, 4) is 0 Å². The lowest BCUT2D eigenvalue weighted by Crippen LogP contribution is -1.93. The zero-order valence-corrected chi connectivity index (χ0v) is 33.2. The van der Waals surface area contributed by atoms with E-state index in [0.717, 1.165) is 25.2 Å². The number of H-pyrrole nitrogens is 3. The number of benzene rings is 3. The van der Waals surface area contributed by atoms with Gasteiger partial charge in [0.05, 0.1) is 0 Å². The van der Waals surface area contributed by atoms with Gasteiger partial charge in [0.25, 0.3) is 0 Å². The molecular weight excluding hydrogens is 631 g/mol. The minimum Gasteiger partial charge on any atom is -0.361 e. The van der Waals surface area contributed by atoms with Crippen LogP contribution in [0.2, 0.25) is 0 Å². The van der Waals surface area contributed by atoms with E-state index in [4.69, 9.17) is 0 Å². The molecule has 3 heteroatoms. The average Bonchev–Trinajstić information content (AvgIpc) is 3.99. The minimum atomic E-state index is 0.672. The fourth-order valence-electron chi connectivity index (χ4n) is 10.2. The van der Waals surface area contributed by atoms with Gasteiger partial charge in [-0.2, -0.15) is 0 Å². The van der Waals surface area contributed by atoms with E-state index in [2.05, 4.69) is 157 Å². The van der Waals surface area contributed by atoms with Gasteiger partial charge in [-0.3, -0.25) is 0 Å². The highest BCUT2D eigenvalue weighted by Gasteiger charge is 2.31. The van der Waals surface area contributed by atoms with E-state index >= 15 is 0 Å². The van der Waals surface area contributed by atoms with E-state index in [1.54, 1.807) is 33.4 Å². The molecule has 52 heavy (non-hydrogen) atoms. The van der Waals surface area contributed by atoms with Crippen molar-refractivity contribution < 1.29 is 0 Å². The molecule has 6 aromatic rings. The maximum absolute atomic E-state index is 3.45. The Morgan fingerprint density at radius 1 is 0.519 bits per heavy atom. The third-order valence-electron chi connectivity index (χ3n) is 12.5. The summed E-state index contributed by atoms with van der Waals surface area (Å²) in [5.41, 5.74) is 17.8. The van der Waals surface area contributed by atoms with E-state index in [1.165, 1.54) is 68.7 Å². The molecule has 0 saturated heterocycles. The normalized spacial score (nSPS) is 23.3. The first-order valence-corrected chi connectivity index (χ1v) is 20.4. The highest BCUT2D eigenvalue weighted by atomic mass is 14.7. The Hall–Kier alpha value is -4.24. The number of fused-ring (bicyclic) bond motifs is 9. The Labute approximate surface area is 312 Å². The summed E-state index contributed by atoms with van der Waals surface area (Å²) in [5, 5.41) is 4.16. The van der Waals surface area contributed by atoms with Gasteiger partial charge < -0.3 is 15.0 Å². The predicted molar refractivity (Wildman–Crippen MR) is 227 cm³/mol. The lowest BCUT2D eigenvalue weighted by Gasteiger charge is -2.11. The van der Waals surface area contributed by atoms with Gasteiger partial charge in [0.2, 0.25) is 0 Å². The largest absolute Gasteiger partial charge is 0.361 e. The molecule has 3 aliphatic carbocycles. The molecule has 272 valence electrons. The molecule has 0 aliphatic heterocycles. The number of aromatic nitrogens is 3. The van der Waals surface area contributed by atoms with Crippen molar-refractivity contribution >= 4 is 44.9 Å². The van der Waals surface area contributed by atoms with Crippen LogP contribution in [0.15, 0.2) is 67.1 Å². The second-order valence-corrected chi connectivity index (χ2v) is 16.4. The van der Waals surface area contributed by atoms with E-state index in [1.807, 2.05) is 0 Å². The van der Waals surface area contributed by atoms with E-state index < -0.39 is 0 Å². The Bertz CT molecular complexity index is 2250. The van der Waals surface area contributed by atoms with Crippen LogP contribution in [0, 0.1) is 0 Å². The maximum Gasteiger partial charge on any atom is 0.0498 e. The van der Waals surface area contributed by atoms with Crippen molar-refractivity contribution in [2.24, 2.45) is 0 Å². The zero-order chi connectivity index (χ0) is 36.7. The lowest BCUT2D eigenvalue weighted by molar-refractivity contribution is 0.662. The number of nitrogens with one attached hydrogen (secondary N) is 3. The quantitative estimate of drug-likeness (QED) is 0.161. The van der Waals surface area contributed by atoms with Gasteiger partial charge >= 0.3 is 0 Å². The number of hydrogen-bond donors (Lipinski definition) is 3. The molecule has 0 radical (unpaired) electrons. The molecule has 0 amide bonds. The molecule has 3 aliphatic rings. The second-order valence-electron chi connectivity index (χ2n) is 16.4. The summed E-state index contributed by atoms with van der Waals surface area (Å²) in [6, 6.07) is 13.8. The number of allylic oxidation sites excluding steroid dienone is 2. The summed E-state index contributed by atoms with van der Waals surface area (Å²) in [7, 11) is 0. The van der Waals surface area contributed by atoms with E-state index in [9.17, 15) is 0 Å². The summed E-state index contributed by atoms with van der Waals surface area (Å²) < 4.78 is 0. The molecule has 9 rings (SSSR count). The Morgan fingerprint density at radius 3 is 1.65 bits per heavy atom. The van der Waals surface area contributed by atoms with Crippen molar-refractivity contribution in [3.63, 3.8) is 0 Å². The summed E-state index contributed by atoms with van der Waals surface area (Å²) in [5.74, 6) is 4.15. The molecule has 0 bridgehead atoms. The van der Waals surface area contributed by atoms with Gasteiger partial charge in [0, 0.05) is 51.3 Å². The molecule has 3 aromatic carbocycles. The first kappa shape index (κ1) is 36.1. The predicted octanol–water partition coefficient (Wildman–Crippen LogP) is 14.7. The third-order valence-corrected chi connectivity index (χ3v) is 12.5. The molecule has 6 unspecified atom stereocenters. The van der Waals surface area contributed by atoms with Crippen LogP contribution in [0.25, 0.3) is 44.9 Å². The van der Waals surface area contributed by atoms with Crippen LogP contribution in [0.4, 0.5) is 0 Å². The number of aromatic amines is 3. The fourth-order valence-corrected chi connectivity index (χ4v) is 10.2. The summed E-state index contributed by atoms with van der Waals surface area (Å²) in [6.45, 7) is 20.8. The Morgan fingerprint density at radius 2 is 1.02 bits per heavy atom. The van der Waals surface area contributed by atoms with Crippen molar-refractivity contribution in [1.82, 2.24) is 15.0 Å². The molecular formula is C49H61N3. The van der Waals surface area contributed by atoms with Crippen LogP contribution in [-0.2, 0) is 6.42 Å². The number of rotatable bonds is 5. The van der Waals surface area contributed by atoms with Gasteiger partial charge in [-0.05, 0) is 148 Å². The average molecular weight is 692 g/mol. The SMILES string of the molecule is CC/C=C/c1cc2c(c3[nH]ccc13)C(C)CC2C.CC/C=C/c1cc2cc[nH]c2c2c1C(C)CC2C.CCc1cc2c(c3[nH]ccc13)C(C)CC2C. The van der Waals surface area contributed by atoms with Gasteiger partial charge in [-0.1, -0.05) is 98.8 Å². The molecule has 0 fully saturated rings. The molecule has 3 N–H and O–H groups in total. The lowest BCUT2D eigenvalue weighted by atomic mass is 9.94. The monoisotopic (exact) mass is 691 g/mol. The number of aryl methyl sites for hydroxylation is 1. The molecule has 0 spiro atoms. The fraction of sp³-hybridized carbons (Fsp3) is 0.429. The van der Waals surface area contributed by atoms with Crippen LogP contribution in [0.1, 0.15) is 180 Å². The van der Waals surface area contributed by atoms with Crippen LogP contribution in [0.5, 0.6) is 0 Å². The topological polar surface area (TPSA) is 47.4 Å².